The third-order valence-electron chi connectivity index (χ3n) is 4.15. The molecule has 0 fully saturated rings. The average Bonchev–Trinajstić information content (AvgIpc) is 3.32. The van der Waals surface area contributed by atoms with E-state index in [1.54, 1.807) is 35.1 Å². The number of thiophene rings is 1. The number of carbonyl (C=O) groups is 1. The Bertz CT molecular complexity index is 1090. The molecule has 0 aliphatic rings. The lowest BCUT2D eigenvalue weighted by Gasteiger charge is -2.08. The molecule has 0 spiro atoms. The number of anilines is 1. The number of rotatable bonds is 5. The summed E-state index contributed by atoms with van der Waals surface area (Å²) in [6.45, 7) is 0.169. The molecule has 0 aliphatic carbocycles. The van der Waals surface area contributed by atoms with Crippen molar-refractivity contribution in [2.75, 3.05) is 12.4 Å². The standard InChI is InChI=1S/C20H16FN3O2S/c1-26-12-15-18-16(21)4-2-5-17(18)27-19(15)20(25)23-13-6-8-14(9-7-13)24-11-3-10-22-24/h2-11H,12H2,1H3,(H,23,25). The van der Waals surface area contributed by atoms with Crippen LogP contribution in [-0.2, 0) is 11.3 Å². The lowest BCUT2D eigenvalue weighted by Crippen LogP contribution is -2.12. The smallest absolute Gasteiger partial charge is 0.266 e. The Morgan fingerprint density at radius 1 is 1.22 bits per heavy atom. The highest BCUT2D eigenvalue weighted by Gasteiger charge is 2.20. The molecule has 1 N–H and O–H groups in total. The fraction of sp³-hybridized carbons (Fsp3) is 0.100. The zero-order valence-corrected chi connectivity index (χ0v) is 15.3. The second kappa shape index (κ2) is 7.30. The van der Waals surface area contributed by atoms with Gasteiger partial charge < -0.3 is 10.1 Å². The molecule has 0 bridgehead atoms. The van der Waals surface area contributed by atoms with Crippen molar-refractivity contribution in [1.82, 2.24) is 9.78 Å². The molecule has 1 amide bonds. The van der Waals surface area contributed by atoms with Crippen molar-refractivity contribution in [2.45, 2.75) is 6.61 Å². The van der Waals surface area contributed by atoms with Crippen LogP contribution in [0.3, 0.4) is 0 Å². The molecule has 0 atom stereocenters. The number of amides is 1. The predicted octanol–water partition coefficient (Wildman–Crippen LogP) is 4.62. The molecule has 0 saturated heterocycles. The molecule has 2 aromatic heterocycles. The van der Waals surface area contributed by atoms with Crippen LogP contribution in [0, 0.1) is 5.82 Å². The van der Waals surface area contributed by atoms with Gasteiger partial charge in [-0.05, 0) is 42.5 Å². The van der Waals surface area contributed by atoms with Gasteiger partial charge in [0.2, 0.25) is 0 Å². The summed E-state index contributed by atoms with van der Waals surface area (Å²) in [5.41, 5.74) is 2.11. The molecular formula is C20H16FN3O2S. The minimum atomic E-state index is -0.349. The van der Waals surface area contributed by atoms with Gasteiger partial charge in [0, 0.05) is 40.8 Å². The zero-order chi connectivity index (χ0) is 18.8. The molecule has 4 aromatic rings. The first-order chi connectivity index (χ1) is 13.2. The summed E-state index contributed by atoms with van der Waals surface area (Å²) in [5, 5.41) is 7.49. The number of benzene rings is 2. The van der Waals surface area contributed by atoms with Gasteiger partial charge in [0.05, 0.1) is 17.2 Å². The Morgan fingerprint density at radius 3 is 2.74 bits per heavy atom. The van der Waals surface area contributed by atoms with E-state index < -0.39 is 0 Å². The number of nitrogens with one attached hydrogen (secondary N) is 1. The van der Waals surface area contributed by atoms with E-state index >= 15 is 0 Å². The van der Waals surface area contributed by atoms with Crippen molar-refractivity contribution < 1.29 is 13.9 Å². The molecule has 2 aromatic carbocycles. The SMILES string of the molecule is COCc1c(C(=O)Nc2ccc(-n3cccn3)cc2)sc2cccc(F)c12. The first-order valence-corrected chi connectivity index (χ1v) is 9.09. The van der Waals surface area contributed by atoms with Gasteiger partial charge in [0.25, 0.3) is 5.91 Å². The third-order valence-corrected chi connectivity index (χ3v) is 5.35. The molecule has 136 valence electrons. The fourth-order valence-corrected chi connectivity index (χ4v) is 4.06. The van der Waals surface area contributed by atoms with E-state index in [0.29, 0.717) is 21.5 Å². The number of methoxy groups -OCH3 is 1. The number of carbonyl (C=O) groups excluding carboxylic acids is 1. The minimum absolute atomic E-state index is 0.169. The summed E-state index contributed by atoms with van der Waals surface area (Å²) >= 11 is 1.26. The number of hydrogen-bond acceptors (Lipinski definition) is 4. The number of halogens is 1. The molecule has 27 heavy (non-hydrogen) atoms. The van der Waals surface area contributed by atoms with Crippen molar-refractivity contribution in [2.24, 2.45) is 0 Å². The van der Waals surface area contributed by atoms with Gasteiger partial charge in [-0.3, -0.25) is 4.79 Å². The van der Waals surface area contributed by atoms with Gasteiger partial charge in [0.1, 0.15) is 5.82 Å². The van der Waals surface area contributed by atoms with Crippen LogP contribution >= 0.6 is 11.3 Å². The van der Waals surface area contributed by atoms with Gasteiger partial charge in [0.15, 0.2) is 0 Å². The highest BCUT2D eigenvalue weighted by Crippen LogP contribution is 2.34. The van der Waals surface area contributed by atoms with Gasteiger partial charge in [-0.25, -0.2) is 9.07 Å². The Labute approximate surface area is 159 Å². The fourth-order valence-electron chi connectivity index (χ4n) is 2.94. The van der Waals surface area contributed by atoms with E-state index in [0.717, 1.165) is 10.4 Å². The minimum Gasteiger partial charge on any atom is -0.380 e. The largest absolute Gasteiger partial charge is 0.380 e. The Morgan fingerprint density at radius 2 is 2.04 bits per heavy atom. The quantitative estimate of drug-likeness (QED) is 0.549. The maximum Gasteiger partial charge on any atom is 0.266 e. The lowest BCUT2D eigenvalue weighted by molar-refractivity contribution is 0.102. The summed E-state index contributed by atoms with van der Waals surface area (Å²) in [5.74, 6) is -0.632. The lowest BCUT2D eigenvalue weighted by atomic mass is 10.1. The van der Waals surface area contributed by atoms with Gasteiger partial charge in [-0.1, -0.05) is 6.07 Å². The highest BCUT2D eigenvalue weighted by molar-refractivity contribution is 7.21. The molecule has 4 rings (SSSR count). The Hall–Kier alpha value is -3.03. The normalized spacial score (nSPS) is 11.0. The van der Waals surface area contributed by atoms with E-state index in [1.807, 2.05) is 24.4 Å². The van der Waals surface area contributed by atoms with Crippen molar-refractivity contribution in [3.05, 3.63) is 77.2 Å². The van der Waals surface area contributed by atoms with E-state index in [1.165, 1.54) is 24.5 Å². The van der Waals surface area contributed by atoms with E-state index in [2.05, 4.69) is 10.4 Å². The zero-order valence-electron chi connectivity index (χ0n) is 14.5. The third kappa shape index (κ3) is 3.34. The number of aromatic nitrogens is 2. The van der Waals surface area contributed by atoms with Crippen molar-refractivity contribution in [3.63, 3.8) is 0 Å². The molecule has 5 nitrogen and oxygen atoms in total. The summed E-state index contributed by atoms with van der Waals surface area (Å²) in [7, 11) is 1.53. The van der Waals surface area contributed by atoms with E-state index in [-0.39, 0.29) is 18.3 Å². The van der Waals surface area contributed by atoms with Crippen LogP contribution in [0.5, 0.6) is 0 Å². The maximum atomic E-state index is 14.3. The number of hydrogen-bond donors (Lipinski definition) is 1. The molecule has 0 saturated carbocycles. The molecular weight excluding hydrogens is 365 g/mol. The van der Waals surface area contributed by atoms with Gasteiger partial charge in [-0.15, -0.1) is 11.3 Å². The van der Waals surface area contributed by atoms with Crippen LogP contribution in [0.25, 0.3) is 15.8 Å². The number of ether oxygens (including phenoxy) is 1. The summed E-state index contributed by atoms with van der Waals surface area (Å²) in [4.78, 5) is 13.3. The van der Waals surface area contributed by atoms with Crippen molar-refractivity contribution in [1.29, 1.82) is 0 Å². The molecule has 2 heterocycles. The predicted molar refractivity (Wildman–Crippen MR) is 104 cm³/mol. The molecule has 0 aliphatic heterocycles. The second-order valence-corrected chi connectivity index (χ2v) is 6.96. The molecule has 7 heteroatoms. The topological polar surface area (TPSA) is 56.1 Å². The summed E-state index contributed by atoms with van der Waals surface area (Å²) < 4.78 is 21.9. The van der Waals surface area contributed by atoms with Gasteiger partial charge in [-0.2, -0.15) is 5.10 Å². The highest BCUT2D eigenvalue weighted by atomic mass is 32.1. The second-order valence-electron chi connectivity index (χ2n) is 5.91. The van der Waals surface area contributed by atoms with E-state index in [9.17, 15) is 9.18 Å². The summed E-state index contributed by atoms with van der Waals surface area (Å²) in [6.07, 6.45) is 3.55. The summed E-state index contributed by atoms with van der Waals surface area (Å²) in [6, 6.07) is 14.0. The van der Waals surface area contributed by atoms with Crippen molar-refractivity contribution >= 4 is 33.0 Å². The monoisotopic (exact) mass is 381 g/mol. The first-order valence-electron chi connectivity index (χ1n) is 8.27. The maximum absolute atomic E-state index is 14.3. The van der Waals surface area contributed by atoms with Gasteiger partial charge >= 0.3 is 0 Å². The average molecular weight is 381 g/mol. The van der Waals surface area contributed by atoms with Crippen molar-refractivity contribution in [3.8, 4) is 5.69 Å². The van der Waals surface area contributed by atoms with Crippen LogP contribution < -0.4 is 5.32 Å². The first kappa shape index (κ1) is 17.4. The Balaban J connectivity index is 1.63. The van der Waals surface area contributed by atoms with E-state index in [4.69, 9.17) is 4.74 Å². The van der Waals surface area contributed by atoms with Crippen LogP contribution in [0.4, 0.5) is 10.1 Å². The number of fused-ring (bicyclic) bond motifs is 1. The molecule has 0 unspecified atom stereocenters. The van der Waals surface area contributed by atoms with Crippen LogP contribution in [0.1, 0.15) is 15.2 Å². The van der Waals surface area contributed by atoms with Crippen LogP contribution in [-0.4, -0.2) is 22.8 Å². The van der Waals surface area contributed by atoms with Crippen LogP contribution in [0.15, 0.2) is 60.9 Å². The number of nitrogens with zero attached hydrogens (tertiary/aromatic N) is 2. The Kier molecular flexibility index (Phi) is 4.70. The van der Waals surface area contributed by atoms with Crippen LogP contribution in [0.2, 0.25) is 0 Å². The molecule has 0 radical (unpaired) electrons.